The van der Waals surface area contributed by atoms with Crippen molar-refractivity contribution in [1.82, 2.24) is 5.32 Å². The average molecular weight is 289 g/mol. The highest BCUT2D eigenvalue weighted by Crippen LogP contribution is 2.31. The van der Waals surface area contributed by atoms with Gasteiger partial charge in [0, 0.05) is 17.9 Å². The average Bonchev–Trinajstić information content (AvgIpc) is 2.96. The topological polar surface area (TPSA) is 66.4 Å². The maximum Gasteiger partial charge on any atom is 0.306 e. The molecule has 0 aliphatic heterocycles. The molecule has 0 heterocycles. The summed E-state index contributed by atoms with van der Waals surface area (Å²) in [5, 5.41) is 12.0. The lowest BCUT2D eigenvalue weighted by atomic mass is 9.84. The molecule has 1 saturated carbocycles. The van der Waals surface area contributed by atoms with Gasteiger partial charge in [-0.3, -0.25) is 9.59 Å². The van der Waals surface area contributed by atoms with Gasteiger partial charge < -0.3 is 10.4 Å². The van der Waals surface area contributed by atoms with E-state index in [4.69, 9.17) is 5.11 Å². The van der Waals surface area contributed by atoms with Crippen LogP contribution >= 0.6 is 0 Å². The van der Waals surface area contributed by atoms with Gasteiger partial charge in [-0.2, -0.15) is 0 Å². The van der Waals surface area contributed by atoms with E-state index in [9.17, 15) is 9.59 Å². The standard InChI is InChI=1S/C17H23NO3/c1-17(2,14-6-4-3-5-7-14)11-18-15(19)12-8-9-13(10-12)16(20)21/h3-7,12-13H,8-11H2,1-2H3,(H,18,19)(H,20,21). The van der Waals surface area contributed by atoms with E-state index < -0.39 is 5.97 Å². The minimum Gasteiger partial charge on any atom is -0.481 e. The highest BCUT2D eigenvalue weighted by molar-refractivity contribution is 5.80. The van der Waals surface area contributed by atoms with Crippen LogP contribution in [0.15, 0.2) is 30.3 Å². The van der Waals surface area contributed by atoms with Gasteiger partial charge in [0.1, 0.15) is 0 Å². The maximum atomic E-state index is 12.2. The highest BCUT2D eigenvalue weighted by Gasteiger charge is 2.34. The molecule has 1 aromatic carbocycles. The zero-order chi connectivity index (χ0) is 15.5. The molecule has 0 spiro atoms. The molecule has 0 bridgehead atoms. The lowest BCUT2D eigenvalue weighted by molar-refractivity contribution is -0.141. The van der Waals surface area contributed by atoms with Crippen LogP contribution in [0.2, 0.25) is 0 Å². The van der Waals surface area contributed by atoms with Crippen molar-refractivity contribution in [2.75, 3.05) is 6.54 Å². The van der Waals surface area contributed by atoms with Crippen LogP contribution in [0.5, 0.6) is 0 Å². The smallest absolute Gasteiger partial charge is 0.306 e. The van der Waals surface area contributed by atoms with Crippen LogP contribution in [0.1, 0.15) is 38.7 Å². The Hall–Kier alpha value is -1.84. The van der Waals surface area contributed by atoms with Crippen molar-refractivity contribution in [3.63, 3.8) is 0 Å². The number of carboxylic acid groups (broad SMARTS) is 1. The molecule has 1 aliphatic carbocycles. The quantitative estimate of drug-likeness (QED) is 0.875. The molecule has 4 heteroatoms. The Morgan fingerprint density at radius 2 is 1.81 bits per heavy atom. The van der Waals surface area contributed by atoms with Gasteiger partial charge >= 0.3 is 5.97 Å². The first kappa shape index (κ1) is 15.5. The number of hydrogen-bond acceptors (Lipinski definition) is 2. The van der Waals surface area contributed by atoms with Crippen molar-refractivity contribution in [3.05, 3.63) is 35.9 Å². The molecular formula is C17H23NO3. The fraction of sp³-hybridized carbons (Fsp3) is 0.529. The van der Waals surface area contributed by atoms with Gasteiger partial charge in [0.2, 0.25) is 5.91 Å². The summed E-state index contributed by atoms with van der Waals surface area (Å²) in [6.45, 7) is 4.75. The first-order chi connectivity index (χ1) is 9.90. The molecule has 4 nitrogen and oxygen atoms in total. The van der Waals surface area contributed by atoms with E-state index in [1.165, 1.54) is 5.56 Å². The van der Waals surface area contributed by atoms with Gasteiger partial charge in [-0.25, -0.2) is 0 Å². The Labute approximate surface area is 125 Å². The highest BCUT2D eigenvalue weighted by atomic mass is 16.4. The van der Waals surface area contributed by atoms with Gasteiger partial charge in [-0.1, -0.05) is 44.2 Å². The van der Waals surface area contributed by atoms with Gasteiger partial charge in [0.15, 0.2) is 0 Å². The number of amides is 1. The van der Waals surface area contributed by atoms with Gasteiger partial charge in [0.05, 0.1) is 5.92 Å². The number of rotatable bonds is 5. The zero-order valence-electron chi connectivity index (χ0n) is 12.6. The Morgan fingerprint density at radius 1 is 1.19 bits per heavy atom. The minimum absolute atomic E-state index is 0.0113. The Morgan fingerprint density at radius 3 is 2.38 bits per heavy atom. The van der Waals surface area contributed by atoms with E-state index in [1.54, 1.807) is 0 Å². The van der Waals surface area contributed by atoms with E-state index >= 15 is 0 Å². The summed E-state index contributed by atoms with van der Waals surface area (Å²) in [7, 11) is 0. The lowest BCUT2D eigenvalue weighted by Gasteiger charge is -2.26. The number of carboxylic acids is 1. The van der Waals surface area contributed by atoms with Crippen molar-refractivity contribution in [2.45, 2.75) is 38.5 Å². The summed E-state index contributed by atoms with van der Waals surface area (Å²) in [4.78, 5) is 23.1. The van der Waals surface area contributed by atoms with E-state index in [0.717, 1.165) is 0 Å². The summed E-state index contributed by atoms with van der Waals surface area (Å²) in [5.74, 6) is -1.31. The van der Waals surface area contributed by atoms with Crippen LogP contribution in [0.4, 0.5) is 0 Å². The number of carbonyl (C=O) groups excluding carboxylic acids is 1. The molecule has 2 N–H and O–H groups in total. The molecule has 1 fully saturated rings. The van der Waals surface area contributed by atoms with Crippen molar-refractivity contribution >= 4 is 11.9 Å². The van der Waals surface area contributed by atoms with Gasteiger partial charge in [-0.15, -0.1) is 0 Å². The summed E-state index contributed by atoms with van der Waals surface area (Å²) in [6.07, 6.45) is 1.75. The van der Waals surface area contributed by atoms with Crippen molar-refractivity contribution in [3.8, 4) is 0 Å². The molecule has 1 aromatic rings. The summed E-state index contributed by atoms with van der Waals surface area (Å²) < 4.78 is 0. The minimum atomic E-state index is -0.782. The van der Waals surface area contributed by atoms with E-state index in [-0.39, 0.29) is 23.2 Å². The van der Waals surface area contributed by atoms with Crippen LogP contribution in [-0.2, 0) is 15.0 Å². The van der Waals surface area contributed by atoms with Crippen LogP contribution in [0.25, 0.3) is 0 Å². The van der Waals surface area contributed by atoms with Gasteiger partial charge in [-0.05, 0) is 24.8 Å². The normalized spacial score (nSPS) is 22.0. The molecule has 0 saturated heterocycles. The molecule has 0 radical (unpaired) electrons. The fourth-order valence-electron chi connectivity index (χ4n) is 2.89. The molecule has 21 heavy (non-hydrogen) atoms. The molecular weight excluding hydrogens is 266 g/mol. The van der Waals surface area contributed by atoms with Crippen molar-refractivity contribution in [2.24, 2.45) is 11.8 Å². The predicted molar refractivity (Wildman–Crippen MR) is 80.9 cm³/mol. The first-order valence-corrected chi connectivity index (χ1v) is 7.46. The number of carbonyl (C=O) groups is 2. The molecule has 114 valence electrons. The monoisotopic (exact) mass is 289 g/mol. The lowest BCUT2D eigenvalue weighted by Crippen LogP contribution is -2.39. The number of aliphatic carboxylic acids is 1. The zero-order valence-corrected chi connectivity index (χ0v) is 12.6. The van der Waals surface area contributed by atoms with E-state index in [0.29, 0.717) is 25.8 Å². The fourth-order valence-corrected chi connectivity index (χ4v) is 2.89. The third-order valence-corrected chi connectivity index (χ3v) is 4.41. The number of nitrogens with one attached hydrogen (secondary N) is 1. The van der Waals surface area contributed by atoms with Crippen LogP contribution < -0.4 is 5.32 Å². The summed E-state index contributed by atoms with van der Waals surface area (Å²) in [5.41, 5.74) is 1.04. The second-order valence-electron chi connectivity index (χ2n) is 6.51. The largest absolute Gasteiger partial charge is 0.481 e. The van der Waals surface area contributed by atoms with Crippen LogP contribution in [0, 0.1) is 11.8 Å². The Balaban J connectivity index is 1.88. The first-order valence-electron chi connectivity index (χ1n) is 7.46. The summed E-state index contributed by atoms with van der Waals surface area (Å²) >= 11 is 0. The second kappa shape index (κ2) is 6.29. The maximum absolute atomic E-state index is 12.2. The molecule has 1 aliphatic rings. The Kier molecular flexibility index (Phi) is 4.66. The van der Waals surface area contributed by atoms with Crippen molar-refractivity contribution in [1.29, 1.82) is 0 Å². The van der Waals surface area contributed by atoms with Gasteiger partial charge in [0.25, 0.3) is 0 Å². The van der Waals surface area contributed by atoms with E-state index in [2.05, 4.69) is 31.3 Å². The third kappa shape index (κ3) is 3.84. The Bertz CT molecular complexity index is 510. The van der Waals surface area contributed by atoms with Crippen LogP contribution in [0.3, 0.4) is 0 Å². The molecule has 2 atom stereocenters. The number of hydrogen-bond donors (Lipinski definition) is 2. The second-order valence-corrected chi connectivity index (χ2v) is 6.51. The van der Waals surface area contributed by atoms with Crippen LogP contribution in [-0.4, -0.2) is 23.5 Å². The summed E-state index contributed by atoms with van der Waals surface area (Å²) in [6, 6.07) is 10.1. The SMILES string of the molecule is CC(C)(CNC(=O)C1CCC(C(=O)O)C1)c1ccccc1. The molecule has 0 aromatic heterocycles. The van der Waals surface area contributed by atoms with E-state index in [1.807, 2.05) is 18.2 Å². The number of benzene rings is 1. The third-order valence-electron chi connectivity index (χ3n) is 4.41. The molecule has 2 unspecified atom stereocenters. The van der Waals surface area contributed by atoms with Crippen molar-refractivity contribution < 1.29 is 14.7 Å². The predicted octanol–water partition coefficient (Wildman–Crippen LogP) is 2.58. The molecule has 2 rings (SSSR count). The molecule has 1 amide bonds.